The number of fused-ring (bicyclic) bond motifs is 1. The summed E-state index contributed by atoms with van der Waals surface area (Å²) >= 11 is 0. The first-order valence-electron chi connectivity index (χ1n) is 8.86. The zero-order valence-electron chi connectivity index (χ0n) is 15.5. The molecule has 0 spiro atoms. The number of allylic oxidation sites excluding steroid dienone is 1. The molecule has 0 unspecified atom stereocenters. The Hall–Kier alpha value is -1.86. The van der Waals surface area contributed by atoms with Crippen molar-refractivity contribution >= 4 is 15.7 Å². The second kappa shape index (κ2) is 7.04. The Morgan fingerprint density at radius 2 is 1.92 bits per heavy atom. The first-order valence-corrected chi connectivity index (χ1v) is 10.7. The van der Waals surface area contributed by atoms with Crippen LogP contribution in [0.5, 0.6) is 5.75 Å². The van der Waals surface area contributed by atoms with E-state index in [4.69, 9.17) is 0 Å². The molecule has 2 aliphatic heterocycles. The fourth-order valence-electron chi connectivity index (χ4n) is 3.78. The van der Waals surface area contributed by atoms with Crippen molar-refractivity contribution in [2.24, 2.45) is 0 Å². The summed E-state index contributed by atoms with van der Waals surface area (Å²) in [7, 11) is -3.19. The van der Waals surface area contributed by atoms with Crippen molar-refractivity contribution in [2.75, 3.05) is 31.1 Å². The van der Waals surface area contributed by atoms with Gasteiger partial charge in [0.1, 0.15) is 5.75 Å². The molecule has 0 saturated carbocycles. The molecule has 1 N–H and O–H groups in total. The molecule has 7 heteroatoms. The highest BCUT2D eigenvalue weighted by molar-refractivity contribution is 7.91. The quantitative estimate of drug-likeness (QED) is 0.808. The molecule has 2 heterocycles. The SMILES string of the molecule is CC(C)=CCN1CCN(C(=O)c2cc(C)ccc2O)[C@H]2CS(=O)(=O)C[C@H]21. The fraction of sp³-hybridized carbons (Fsp3) is 0.526. The number of carbonyl (C=O) groups excluding carboxylic acids is 1. The smallest absolute Gasteiger partial charge is 0.257 e. The minimum atomic E-state index is -3.19. The third kappa shape index (κ3) is 3.78. The predicted octanol–water partition coefficient (Wildman–Crippen LogP) is 1.59. The van der Waals surface area contributed by atoms with E-state index in [1.54, 1.807) is 17.0 Å². The van der Waals surface area contributed by atoms with Crippen molar-refractivity contribution in [1.29, 1.82) is 0 Å². The number of aromatic hydroxyl groups is 1. The van der Waals surface area contributed by atoms with Crippen molar-refractivity contribution in [3.8, 4) is 5.75 Å². The van der Waals surface area contributed by atoms with Gasteiger partial charge in [-0.2, -0.15) is 0 Å². The van der Waals surface area contributed by atoms with Gasteiger partial charge < -0.3 is 10.0 Å². The number of benzene rings is 1. The molecular formula is C19H26N2O4S. The standard InChI is InChI=1S/C19H26N2O4S/c1-13(2)6-7-20-8-9-21(17-12-26(24,25)11-16(17)20)19(23)15-10-14(3)4-5-18(15)22/h4-6,10,16-17,22H,7-9,11-12H2,1-3H3/t16-,17+/m1/s1. The van der Waals surface area contributed by atoms with Crippen LogP contribution in [0, 0.1) is 6.92 Å². The number of piperazine rings is 1. The van der Waals surface area contributed by atoms with Crippen molar-refractivity contribution < 1.29 is 18.3 Å². The van der Waals surface area contributed by atoms with Gasteiger partial charge in [-0.3, -0.25) is 9.69 Å². The lowest BCUT2D eigenvalue weighted by Gasteiger charge is -2.43. The Morgan fingerprint density at radius 1 is 1.23 bits per heavy atom. The van der Waals surface area contributed by atoms with Crippen LogP contribution in [0.3, 0.4) is 0 Å². The van der Waals surface area contributed by atoms with Crippen LogP contribution in [0.2, 0.25) is 0 Å². The van der Waals surface area contributed by atoms with Crippen LogP contribution in [-0.4, -0.2) is 72.5 Å². The number of phenolic OH excluding ortho intramolecular Hbond substituents is 1. The molecule has 2 fully saturated rings. The number of rotatable bonds is 3. The van der Waals surface area contributed by atoms with Crippen LogP contribution in [0.4, 0.5) is 0 Å². The van der Waals surface area contributed by atoms with Gasteiger partial charge in [0.2, 0.25) is 0 Å². The average molecular weight is 378 g/mol. The Bertz CT molecular complexity index is 843. The normalized spacial score (nSPS) is 25.0. The van der Waals surface area contributed by atoms with Crippen LogP contribution in [-0.2, 0) is 9.84 Å². The third-order valence-corrected chi connectivity index (χ3v) is 6.87. The monoisotopic (exact) mass is 378 g/mol. The zero-order valence-corrected chi connectivity index (χ0v) is 16.3. The number of hydrogen-bond donors (Lipinski definition) is 1. The molecule has 0 aliphatic carbocycles. The second-order valence-corrected chi connectivity index (χ2v) is 9.66. The van der Waals surface area contributed by atoms with E-state index in [-0.39, 0.29) is 40.8 Å². The molecular weight excluding hydrogens is 352 g/mol. The summed E-state index contributed by atoms with van der Waals surface area (Å²) in [6.45, 7) is 7.66. The van der Waals surface area contributed by atoms with E-state index in [9.17, 15) is 18.3 Å². The first-order chi connectivity index (χ1) is 12.2. The lowest BCUT2D eigenvalue weighted by molar-refractivity contribution is 0.0366. The van der Waals surface area contributed by atoms with Gasteiger partial charge in [0, 0.05) is 25.7 Å². The molecule has 0 bridgehead atoms. The highest BCUT2D eigenvalue weighted by atomic mass is 32.2. The molecule has 2 atom stereocenters. The van der Waals surface area contributed by atoms with E-state index in [1.807, 2.05) is 20.8 Å². The molecule has 3 rings (SSSR count). The van der Waals surface area contributed by atoms with E-state index in [2.05, 4.69) is 11.0 Å². The Balaban J connectivity index is 1.89. The second-order valence-electron chi connectivity index (χ2n) is 7.51. The Kier molecular flexibility index (Phi) is 5.12. The summed E-state index contributed by atoms with van der Waals surface area (Å²) in [6, 6.07) is 4.35. The van der Waals surface area contributed by atoms with Gasteiger partial charge in [-0.1, -0.05) is 23.3 Å². The van der Waals surface area contributed by atoms with E-state index in [1.165, 1.54) is 11.6 Å². The molecule has 1 amide bonds. The van der Waals surface area contributed by atoms with Crippen LogP contribution >= 0.6 is 0 Å². The molecule has 1 aromatic rings. The summed E-state index contributed by atoms with van der Waals surface area (Å²) in [4.78, 5) is 16.8. The fourth-order valence-corrected chi connectivity index (χ4v) is 5.79. The number of amides is 1. The van der Waals surface area contributed by atoms with Crippen LogP contribution in [0.25, 0.3) is 0 Å². The molecule has 2 aliphatic rings. The molecule has 0 aromatic heterocycles. The average Bonchev–Trinajstić information content (AvgIpc) is 2.89. The van der Waals surface area contributed by atoms with Crippen molar-refractivity contribution in [3.05, 3.63) is 41.0 Å². The maximum absolute atomic E-state index is 13.0. The summed E-state index contributed by atoms with van der Waals surface area (Å²) in [5.74, 6) is -0.288. The molecule has 0 radical (unpaired) electrons. The number of carbonyl (C=O) groups is 1. The van der Waals surface area contributed by atoms with Gasteiger partial charge in [-0.05, 0) is 32.9 Å². The summed E-state index contributed by atoms with van der Waals surface area (Å²) < 4.78 is 24.6. The van der Waals surface area contributed by atoms with Gasteiger partial charge in [0.05, 0.1) is 23.1 Å². The topological polar surface area (TPSA) is 77.9 Å². The Labute approximate surface area is 155 Å². The number of hydrogen-bond acceptors (Lipinski definition) is 5. The van der Waals surface area contributed by atoms with Crippen molar-refractivity contribution in [3.63, 3.8) is 0 Å². The number of aryl methyl sites for hydroxylation is 1. The van der Waals surface area contributed by atoms with Gasteiger partial charge in [-0.15, -0.1) is 0 Å². The largest absolute Gasteiger partial charge is 0.507 e. The lowest BCUT2D eigenvalue weighted by Crippen LogP contribution is -2.60. The van der Waals surface area contributed by atoms with Crippen molar-refractivity contribution in [2.45, 2.75) is 32.9 Å². The van der Waals surface area contributed by atoms with E-state index < -0.39 is 9.84 Å². The van der Waals surface area contributed by atoms with E-state index in [0.717, 1.165) is 5.56 Å². The highest BCUT2D eigenvalue weighted by Gasteiger charge is 2.48. The number of sulfone groups is 1. The summed E-state index contributed by atoms with van der Waals surface area (Å²) in [6.07, 6.45) is 2.09. The van der Waals surface area contributed by atoms with Gasteiger partial charge in [-0.25, -0.2) is 8.42 Å². The van der Waals surface area contributed by atoms with Crippen LogP contribution in [0.15, 0.2) is 29.8 Å². The van der Waals surface area contributed by atoms with Gasteiger partial charge in [0.15, 0.2) is 9.84 Å². The van der Waals surface area contributed by atoms with Gasteiger partial charge in [0.25, 0.3) is 5.91 Å². The molecule has 6 nitrogen and oxygen atoms in total. The highest BCUT2D eigenvalue weighted by Crippen LogP contribution is 2.30. The minimum Gasteiger partial charge on any atom is -0.507 e. The maximum atomic E-state index is 13.0. The first kappa shape index (κ1) is 18.9. The number of nitrogens with zero attached hydrogens (tertiary/aromatic N) is 2. The summed E-state index contributed by atoms with van der Waals surface area (Å²) in [5, 5.41) is 10.1. The van der Waals surface area contributed by atoms with E-state index in [0.29, 0.717) is 19.6 Å². The van der Waals surface area contributed by atoms with E-state index >= 15 is 0 Å². The molecule has 1 aromatic carbocycles. The van der Waals surface area contributed by atoms with Crippen LogP contribution in [0.1, 0.15) is 29.8 Å². The zero-order chi connectivity index (χ0) is 19.1. The number of phenols is 1. The maximum Gasteiger partial charge on any atom is 0.257 e. The van der Waals surface area contributed by atoms with Gasteiger partial charge >= 0.3 is 0 Å². The molecule has 2 saturated heterocycles. The lowest BCUT2D eigenvalue weighted by atomic mass is 10.0. The summed E-state index contributed by atoms with van der Waals surface area (Å²) in [5.41, 5.74) is 2.31. The molecule has 26 heavy (non-hydrogen) atoms. The Morgan fingerprint density at radius 3 is 2.62 bits per heavy atom. The van der Waals surface area contributed by atoms with Crippen molar-refractivity contribution in [1.82, 2.24) is 9.80 Å². The minimum absolute atomic E-state index is 0.0126. The molecule has 142 valence electrons. The van der Waals surface area contributed by atoms with Crippen LogP contribution < -0.4 is 0 Å². The predicted molar refractivity (Wildman–Crippen MR) is 101 cm³/mol. The third-order valence-electron chi connectivity index (χ3n) is 5.17.